The van der Waals surface area contributed by atoms with E-state index in [1.165, 1.54) is 6.42 Å². The Labute approximate surface area is 108 Å². The zero-order valence-corrected chi connectivity index (χ0v) is 12.8. The third-order valence-corrected chi connectivity index (χ3v) is 2.58. The maximum atomic E-state index is 5.54. The maximum absolute atomic E-state index is 5.54. The first-order valence-corrected chi connectivity index (χ1v) is 6.86. The molecule has 2 heteroatoms. The molecule has 0 aliphatic heterocycles. The van der Waals surface area contributed by atoms with Crippen molar-refractivity contribution in [1.29, 1.82) is 0 Å². The van der Waals surface area contributed by atoms with Gasteiger partial charge in [-0.1, -0.05) is 41.5 Å². The van der Waals surface area contributed by atoms with E-state index in [-0.39, 0.29) is 0 Å². The van der Waals surface area contributed by atoms with E-state index in [0.29, 0.717) is 10.8 Å². The van der Waals surface area contributed by atoms with Crippen LogP contribution in [-0.4, -0.2) is 26.4 Å². The van der Waals surface area contributed by atoms with Crippen LogP contribution in [0.2, 0.25) is 0 Å². The van der Waals surface area contributed by atoms with E-state index in [1.807, 2.05) is 0 Å². The van der Waals surface area contributed by atoms with Gasteiger partial charge in [0.25, 0.3) is 0 Å². The molecule has 0 N–H and O–H groups in total. The molecule has 0 fully saturated rings. The van der Waals surface area contributed by atoms with E-state index in [2.05, 4.69) is 41.5 Å². The molecule has 0 aromatic heterocycles. The van der Waals surface area contributed by atoms with Crippen molar-refractivity contribution in [2.75, 3.05) is 26.4 Å². The Hall–Kier alpha value is -0.0800. The first-order valence-electron chi connectivity index (χ1n) is 6.86. The summed E-state index contributed by atoms with van der Waals surface area (Å²) < 4.78 is 11.1. The Morgan fingerprint density at radius 1 is 0.588 bits per heavy atom. The summed E-state index contributed by atoms with van der Waals surface area (Å²) in [6.07, 6.45) is 3.47. The summed E-state index contributed by atoms with van der Waals surface area (Å²) in [6, 6.07) is 0. The van der Waals surface area contributed by atoms with Crippen LogP contribution in [0.1, 0.15) is 60.8 Å². The topological polar surface area (TPSA) is 18.5 Å². The lowest BCUT2D eigenvalue weighted by molar-refractivity contribution is 0.0359. The second-order valence-electron chi connectivity index (χ2n) is 7.20. The van der Waals surface area contributed by atoms with Gasteiger partial charge in [-0.2, -0.15) is 0 Å². The fraction of sp³-hybridized carbons (Fsp3) is 1.00. The Morgan fingerprint density at radius 2 is 1.06 bits per heavy atom. The maximum Gasteiger partial charge on any atom is 0.0700 e. The molecule has 0 rings (SSSR count). The molecule has 0 saturated heterocycles. The van der Waals surface area contributed by atoms with Crippen molar-refractivity contribution >= 4 is 0 Å². The van der Waals surface area contributed by atoms with Crippen molar-refractivity contribution in [1.82, 2.24) is 0 Å². The van der Waals surface area contributed by atoms with E-state index in [0.717, 1.165) is 39.3 Å². The summed E-state index contributed by atoms with van der Waals surface area (Å²) in [5.74, 6) is 0. The zero-order valence-electron chi connectivity index (χ0n) is 12.8. The third kappa shape index (κ3) is 15.9. The molecule has 0 saturated carbocycles. The molecule has 0 heterocycles. The summed E-state index contributed by atoms with van der Waals surface area (Å²) in [6.45, 7) is 16.7. The minimum atomic E-state index is 0.369. The molecule has 0 spiro atoms. The van der Waals surface area contributed by atoms with Crippen molar-refractivity contribution in [2.24, 2.45) is 10.8 Å². The Morgan fingerprint density at radius 3 is 1.53 bits per heavy atom. The lowest BCUT2D eigenvalue weighted by atomic mass is 9.91. The number of ether oxygens (including phenoxy) is 2. The molecule has 2 nitrogen and oxygen atoms in total. The molecule has 0 aromatic carbocycles. The van der Waals surface area contributed by atoms with Crippen molar-refractivity contribution in [3.8, 4) is 0 Å². The molecule has 0 bridgehead atoms. The first-order chi connectivity index (χ1) is 7.71. The van der Waals surface area contributed by atoms with Gasteiger partial charge in [-0.3, -0.25) is 0 Å². The first kappa shape index (κ1) is 16.9. The van der Waals surface area contributed by atoms with Crippen LogP contribution >= 0.6 is 0 Å². The van der Waals surface area contributed by atoms with Gasteiger partial charge in [0.2, 0.25) is 0 Å². The predicted octanol–water partition coefficient (Wildman–Crippen LogP) is 4.28. The van der Waals surface area contributed by atoms with Gasteiger partial charge in [0.15, 0.2) is 0 Å². The molecule has 0 aromatic rings. The molecule has 0 radical (unpaired) electrons. The van der Waals surface area contributed by atoms with E-state index in [9.17, 15) is 0 Å². The van der Waals surface area contributed by atoms with Crippen LogP contribution in [0, 0.1) is 10.8 Å². The highest BCUT2D eigenvalue weighted by Gasteiger charge is 2.09. The summed E-state index contributed by atoms with van der Waals surface area (Å²) in [4.78, 5) is 0. The lowest BCUT2D eigenvalue weighted by Gasteiger charge is -2.18. The van der Waals surface area contributed by atoms with E-state index >= 15 is 0 Å². The Balaban J connectivity index is 3.15. The molecule has 0 aliphatic carbocycles. The quantitative estimate of drug-likeness (QED) is 0.593. The fourth-order valence-corrected chi connectivity index (χ4v) is 1.40. The molecule has 0 atom stereocenters. The van der Waals surface area contributed by atoms with Crippen molar-refractivity contribution in [3.05, 3.63) is 0 Å². The standard InChI is InChI=1S/C15H32O2/c1-14(2,3)8-7-10-16-12-13-17-11-9-15(4,5)6/h7-13H2,1-6H3. The molecular formula is C15H32O2. The van der Waals surface area contributed by atoms with Gasteiger partial charge in [0, 0.05) is 13.2 Å². The normalized spacial score (nSPS) is 13.1. The van der Waals surface area contributed by atoms with Gasteiger partial charge in [-0.25, -0.2) is 0 Å². The average Bonchev–Trinajstić information content (AvgIpc) is 2.11. The highest BCUT2D eigenvalue weighted by atomic mass is 16.5. The summed E-state index contributed by atoms with van der Waals surface area (Å²) in [5, 5.41) is 0. The SMILES string of the molecule is CC(C)(C)CCCOCCOCCC(C)(C)C. The number of hydrogen-bond donors (Lipinski definition) is 0. The van der Waals surface area contributed by atoms with Crippen LogP contribution in [0.4, 0.5) is 0 Å². The largest absolute Gasteiger partial charge is 0.379 e. The Bertz CT molecular complexity index is 154. The van der Waals surface area contributed by atoms with E-state index < -0.39 is 0 Å². The van der Waals surface area contributed by atoms with Gasteiger partial charge < -0.3 is 9.47 Å². The molecule has 0 unspecified atom stereocenters. The van der Waals surface area contributed by atoms with E-state index in [1.54, 1.807) is 0 Å². The van der Waals surface area contributed by atoms with Crippen molar-refractivity contribution in [2.45, 2.75) is 60.8 Å². The summed E-state index contributed by atoms with van der Waals surface area (Å²) in [7, 11) is 0. The van der Waals surface area contributed by atoms with Crippen LogP contribution in [0.3, 0.4) is 0 Å². The number of hydrogen-bond acceptors (Lipinski definition) is 2. The van der Waals surface area contributed by atoms with Crippen LogP contribution in [0.5, 0.6) is 0 Å². The van der Waals surface area contributed by atoms with Crippen LogP contribution in [0.25, 0.3) is 0 Å². The molecule has 17 heavy (non-hydrogen) atoms. The molecule has 0 aliphatic rings. The second-order valence-corrected chi connectivity index (χ2v) is 7.20. The highest BCUT2D eigenvalue weighted by Crippen LogP contribution is 2.20. The third-order valence-electron chi connectivity index (χ3n) is 2.58. The molecule has 104 valence electrons. The second kappa shape index (κ2) is 8.10. The summed E-state index contributed by atoms with van der Waals surface area (Å²) >= 11 is 0. The van der Waals surface area contributed by atoms with Gasteiger partial charge >= 0.3 is 0 Å². The van der Waals surface area contributed by atoms with Crippen molar-refractivity contribution < 1.29 is 9.47 Å². The van der Waals surface area contributed by atoms with Crippen LogP contribution in [0.15, 0.2) is 0 Å². The zero-order chi connectivity index (χ0) is 13.4. The van der Waals surface area contributed by atoms with E-state index in [4.69, 9.17) is 9.47 Å². The molecule has 0 amide bonds. The van der Waals surface area contributed by atoms with Crippen LogP contribution < -0.4 is 0 Å². The minimum Gasteiger partial charge on any atom is -0.379 e. The molecular weight excluding hydrogens is 212 g/mol. The average molecular weight is 244 g/mol. The van der Waals surface area contributed by atoms with Gasteiger partial charge in [0.1, 0.15) is 0 Å². The van der Waals surface area contributed by atoms with Gasteiger partial charge in [0.05, 0.1) is 13.2 Å². The minimum absolute atomic E-state index is 0.369. The number of rotatable bonds is 8. The fourth-order valence-electron chi connectivity index (χ4n) is 1.40. The smallest absolute Gasteiger partial charge is 0.0700 e. The Kier molecular flexibility index (Phi) is 8.06. The predicted molar refractivity (Wildman–Crippen MR) is 74.4 cm³/mol. The highest BCUT2D eigenvalue weighted by molar-refractivity contribution is 4.61. The van der Waals surface area contributed by atoms with Gasteiger partial charge in [-0.05, 0) is 30.1 Å². The monoisotopic (exact) mass is 244 g/mol. The van der Waals surface area contributed by atoms with Crippen molar-refractivity contribution in [3.63, 3.8) is 0 Å². The van der Waals surface area contributed by atoms with Gasteiger partial charge in [-0.15, -0.1) is 0 Å². The van der Waals surface area contributed by atoms with Crippen LogP contribution in [-0.2, 0) is 9.47 Å². The lowest BCUT2D eigenvalue weighted by Crippen LogP contribution is -2.12. The summed E-state index contributed by atoms with van der Waals surface area (Å²) in [5.41, 5.74) is 0.792.